The van der Waals surface area contributed by atoms with E-state index in [0.717, 1.165) is 16.8 Å². The van der Waals surface area contributed by atoms with Gasteiger partial charge in [-0.2, -0.15) is 0 Å². The van der Waals surface area contributed by atoms with Gasteiger partial charge in [0.25, 0.3) is 5.91 Å². The summed E-state index contributed by atoms with van der Waals surface area (Å²) in [4.78, 5) is 22.8. The number of benzene rings is 1. The van der Waals surface area contributed by atoms with Crippen LogP contribution in [0.25, 0.3) is 17.0 Å². The summed E-state index contributed by atoms with van der Waals surface area (Å²) in [6, 6.07) is 8.10. The topological polar surface area (TPSA) is 51.1 Å². The normalized spacial score (nSPS) is 17.5. The molecule has 2 amide bonds. The lowest BCUT2D eigenvalue weighted by Gasteiger charge is -2.01. The molecular weight excluding hydrogens is 240 g/mol. The highest BCUT2D eigenvalue weighted by molar-refractivity contribution is 6.15. The van der Waals surface area contributed by atoms with Crippen molar-refractivity contribution in [3.05, 3.63) is 41.1 Å². The Morgan fingerprint density at radius 1 is 1.26 bits per heavy atom. The zero-order valence-electron chi connectivity index (χ0n) is 10.9. The van der Waals surface area contributed by atoms with Crippen LogP contribution < -0.4 is 5.32 Å². The molecule has 4 nitrogen and oxygen atoms in total. The standard InChI is InChI=1S/C15H14N2O2/c1-9-11-5-3-4-6-12(11)17(2)13(9)7-10-8-14(18)16-15(10)19/h3-7H,8H2,1-2H3,(H,16,18,19)/b10-7+. The Bertz CT molecular complexity index is 699. The number of aromatic nitrogens is 1. The van der Waals surface area contributed by atoms with Gasteiger partial charge in [0.15, 0.2) is 0 Å². The van der Waals surface area contributed by atoms with Crippen LogP contribution in [0.3, 0.4) is 0 Å². The van der Waals surface area contributed by atoms with E-state index in [1.54, 1.807) is 0 Å². The molecule has 4 heteroatoms. The van der Waals surface area contributed by atoms with Gasteiger partial charge < -0.3 is 4.57 Å². The molecule has 0 bridgehead atoms. The lowest BCUT2D eigenvalue weighted by Crippen LogP contribution is -2.19. The average molecular weight is 254 g/mol. The lowest BCUT2D eigenvalue weighted by atomic mass is 10.1. The molecule has 0 atom stereocenters. The number of para-hydroxylation sites is 1. The second-order valence-electron chi connectivity index (χ2n) is 4.81. The molecule has 1 saturated heterocycles. The second kappa shape index (κ2) is 4.09. The molecule has 0 saturated carbocycles. The molecule has 96 valence electrons. The highest BCUT2D eigenvalue weighted by Crippen LogP contribution is 2.27. The molecule has 0 unspecified atom stereocenters. The van der Waals surface area contributed by atoms with Gasteiger partial charge in [0, 0.05) is 29.2 Å². The van der Waals surface area contributed by atoms with Crippen LogP contribution in [0.4, 0.5) is 0 Å². The van der Waals surface area contributed by atoms with E-state index in [-0.39, 0.29) is 18.2 Å². The van der Waals surface area contributed by atoms with E-state index in [1.165, 1.54) is 5.39 Å². The number of hydrogen-bond donors (Lipinski definition) is 1. The quantitative estimate of drug-likeness (QED) is 0.624. The first kappa shape index (κ1) is 11.7. The predicted octanol–water partition coefficient (Wildman–Crippen LogP) is 1.92. The Hall–Kier alpha value is -2.36. The maximum Gasteiger partial charge on any atom is 0.254 e. The number of hydrogen-bond acceptors (Lipinski definition) is 2. The highest BCUT2D eigenvalue weighted by Gasteiger charge is 2.24. The van der Waals surface area contributed by atoms with Crippen LogP contribution in [0.15, 0.2) is 29.8 Å². The maximum absolute atomic E-state index is 11.6. The minimum Gasteiger partial charge on any atom is -0.344 e. The number of nitrogens with one attached hydrogen (secondary N) is 1. The first-order valence-electron chi connectivity index (χ1n) is 6.16. The third-order valence-electron chi connectivity index (χ3n) is 3.62. The van der Waals surface area contributed by atoms with Crippen LogP contribution in [0.2, 0.25) is 0 Å². The molecule has 2 aromatic rings. The molecule has 1 aliphatic rings. The number of carbonyl (C=O) groups is 2. The Morgan fingerprint density at radius 2 is 2.00 bits per heavy atom. The van der Waals surface area contributed by atoms with Gasteiger partial charge in [0.05, 0.1) is 6.42 Å². The molecule has 1 aromatic heterocycles. The van der Waals surface area contributed by atoms with E-state index in [2.05, 4.69) is 11.4 Å². The van der Waals surface area contributed by atoms with Crippen LogP contribution >= 0.6 is 0 Å². The molecule has 0 aliphatic carbocycles. The summed E-state index contributed by atoms with van der Waals surface area (Å²) in [5.74, 6) is -0.512. The summed E-state index contributed by atoms with van der Waals surface area (Å²) in [5.41, 5.74) is 3.74. The van der Waals surface area contributed by atoms with Gasteiger partial charge in [-0.1, -0.05) is 18.2 Å². The zero-order valence-corrected chi connectivity index (χ0v) is 10.9. The van der Waals surface area contributed by atoms with E-state index in [0.29, 0.717) is 5.57 Å². The van der Waals surface area contributed by atoms with Crippen molar-refractivity contribution in [1.82, 2.24) is 9.88 Å². The molecule has 2 heterocycles. The lowest BCUT2D eigenvalue weighted by molar-refractivity contribution is -0.124. The van der Waals surface area contributed by atoms with Crippen LogP contribution in [-0.4, -0.2) is 16.4 Å². The minimum atomic E-state index is -0.283. The van der Waals surface area contributed by atoms with Crippen LogP contribution in [0.1, 0.15) is 17.7 Å². The van der Waals surface area contributed by atoms with Gasteiger partial charge in [0.2, 0.25) is 5.91 Å². The second-order valence-corrected chi connectivity index (χ2v) is 4.81. The van der Waals surface area contributed by atoms with Gasteiger partial charge in [-0.05, 0) is 24.6 Å². The van der Waals surface area contributed by atoms with Crippen molar-refractivity contribution in [2.24, 2.45) is 7.05 Å². The largest absolute Gasteiger partial charge is 0.344 e. The van der Waals surface area contributed by atoms with Crippen molar-refractivity contribution >= 4 is 28.8 Å². The molecule has 19 heavy (non-hydrogen) atoms. The van der Waals surface area contributed by atoms with Crippen LogP contribution in [0, 0.1) is 6.92 Å². The third kappa shape index (κ3) is 1.76. The van der Waals surface area contributed by atoms with Crippen LogP contribution in [-0.2, 0) is 16.6 Å². The summed E-state index contributed by atoms with van der Waals surface area (Å²) in [7, 11) is 1.97. The maximum atomic E-state index is 11.6. The van der Waals surface area contributed by atoms with E-state index in [9.17, 15) is 9.59 Å². The van der Waals surface area contributed by atoms with E-state index >= 15 is 0 Å². The number of fused-ring (bicyclic) bond motifs is 1. The molecule has 0 radical (unpaired) electrons. The summed E-state index contributed by atoms with van der Waals surface area (Å²) in [6.07, 6.45) is 1.98. The third-order valence-corrected chi connectivity index (χ3v) is 3.62. The number of rotatable bonds is 1. The fourth-order valence-corrected chi connectivity index (χ4v) is 2.59. The first-order chi connectivity index (χ1) is 9.08. The minimum absolute atomic E-state index is 0.166. The van der Waals surface area contributed by atoms with E-state index < -0.39 is 0 Å². The van der Waals surface area contributed by atoms with Gasteiger partial charge >= 0.3 is 0 Å². The molecular formula is C15H14N2O2. The smallest absolute Gasteiger partial charge is 0.254 e. The van der Waals surface area contributed by atoms with Crippen molar-refractivity contribution in [1.29, 1.82) is 0 Å². The van der Waals surface area contributed by atoms with E-state index in [4.69, 9.17) is 0 Å². The molecule has 0 spiro atoms. The molecule has 1 aromatic carbocycles. The zero-order chi connectivity index (χ0) is 13.6. The fraction of sp³-hybridized carbons (Fsp3) is 0.200. The Kier molecular flexibility index (Phi) is 2.52. The van der Waals surface area contributed by atoms with Crippen molar-refractivity contribution in [2.75, 3.05) is 0 Å². The Labute approximate surface area is 110 Å². The molecule has 1 fully saturated rings. The summed E-state index contributed by atoms with van der Waals surface area (Å²) < 4.78 is 2.05. The van der Waals surface area contributed by atoms with Crippen molar-refractivity contribution in [3.8, 4) is 0 Å². The van der Waals surface area contributed by atoms with Crippen molar-refractivity contribution < 1.29 is 9.59 Å². The Balaban J connectivity index is 2.19. The summed E-state index contributed by atoms with van der Waals surface area (Å²) in [5, 5.41) is 3.47. The summed E-state index contributed by atoms with van der Waals surface area (Å²) >= 11 is 0. The SMILES string of the molecule is Cc1c(/C=C2\CC(=O)NC2=O)n(C)c2ccccc12. The number of amides is 2. The number of nitrogens with zero attached hydrogens (tertiary/aromatic N) is 1. The highest BCUT2D eigenvalue weighted by atomic mass is 16.2. The average Bonchev–Trinajstić information content (AvgIpc) is 2.83. The van der Waals surface area contributed by atoms with Gasteiger partial charge in [0.1, 0.15) is 0 Å². The van der Waals surface area contributed by atoms with E-state index in [1.807, 2.05) is 42.8 Å². The monoisotopic (exact) mass is 254 g/mol. The van der Waals surface area contributed by atoms with Crippen LogP contribution in [0.5, 0.6) is 0 Å². The summed E-state index contributed by atoms with van der Waals surface area (Å²) in [6.45, 7) is 2.03. The number of imide groups is 1. The number of aryl methyl sites for hydroxylation is 2. The van der Waals surface area contributed by atoms with Gasteiger partial charge in [-0.15, -0.1) is 0 Å². The fourth-order valence-electron chi connectivity index (χ4n) is 2.59. The molecule has 3 rings (SSSR count). The molecule has 1 N–H and O–H groups in total. The van der Waals surface area contributed by atoms with Crippen molar-refractivity contribution in [3.63, 3.8) is 0 Å². The predicted molar refractivity (Wildman–Crippen MR) is 73.4 cm³/mol. The van der Waals surface area contributed by atoms with Gasteiger partial charge in [-0.25, -0.2) is 0 Å². The van der Waals surface area contributed by atoms with Crippen molar-refractivity contribution in [2.45, 2.75) is 13.3 Å². The first-order valence-corrected chi connectivity index (χ1v) is 6.16. The molecule has 1 aliphatic heterocycles. The number of carbonyl (C=O) groups excluding carboxylic acids is 2. The van der Waals surface area contributed by atoms with Gasteiger partial charge in [-0.3, -0.25) is 14.9 Å². The Morgan fingerprint density at radius 3 is 2.63 bits per heavy atom.